The molecule has 6 nitrogen and oxygen atoms in total. The lowest BCUT2D eigenvalue weighted by molar-refractivity contribution is -0.146. The van der Waals surface area contributed by atoms with Gasteiger partial charge in [-0.3, -0.25) is 4.79 Å². The number of para-hydroxylation sites is 2. The molecule has 2 saturated heterocycles. The summed E-state index contributed by atoms with van der Waals surface area (Å²) in [6, 6.07) is 16.7. The Morgan fingerprint density at radius 1 is 1.09 bits per heavy atom. The molecule has 0 bridgehead atoms. The number of nitrogens with zero attached hydrogens (tertiary/aromatic N) is 3. The molecular formula is C28H35N3O3. The molecule has 34 heavy (non-hydrogen) atoms. The van der Waals surface area contributed by atoms with Crippen LogP contribution in [0.1, 0.15) is 57.0 Å². The summed E-state index contributed by atoms with van der Waals surface area (Å²) >= 11 is 0. The zero-order valence-electron chi connectivity index (χ0n) is 20.5. The average molecular weight is 462 g/mol. The molecule has 0 radical (unpaired) electrons. The molecule has 1 aromatic heterocycles. The summed E-state index contributed by atoms with van der Waals surface area (Å²) < 4.78 is 14.3. The first-order valence-corrected chi connectivity index (χ1v) is 12.5. The van der Waals surface area contributed by atoms with Crippen LogP contribution in [-0.4, -0.2) is 45.7 Å². The van der Waals surface area contributed by atoms with Crippen LogP contribution in [0.25, 0.3) is 11.0 Å². The Balaban J connectivity index is 1.30. The smallest absolute Gasteiger partial charge is 0.225 e. The monoisotopic (exact) mass is 461 g/mol. The van der Waals surface area contributed by atoms with Crippen molar-refractivity contribution in [2.75, 3.05) is 19.7 Å². The third kappa shape index (κ3) is 4.83. The van der Waals surface area contributed by atoms with Gasteiger partial charge in [-0.15, -0.1) is 0 Å². The maximum absolute atomic E-state index is 13.2. The number of imidazole rings is 1. The fourth-order valence-electron chi connectivity index (χ4n) is 5.43. The summed E-state index contributed by atoms with van der Waals surface area (Å²) in [5, 5.41) is 0. The molecule has 3 aromatic rings. The molecule has 180 valence electrons. The van der Waals surface area contributed by atoms with Crippen LogP contribution in [0, 0.1) is 12.8 Å². The highest BCUT2D eigenvalue weighted by Gasteiger charge is 2.36. The minimum absolute atomic E-state index is 0.0767. The van der Waals surface area contributed by atoms with Crippen LogP contribution >= 0.6 is 0 Å². The van der Waals surface area contributed by atoms with Gasteiger partial charge in [0, 0.05) is 31.7 Å². The third-order valence-electron chi connectivity index (χ3n) is 7.25. The minimum Gasteiger partial charge on any atom is -0.486 e. The van der Waals surface area contributed by atoms with Crippen molar-refractivity contribution in [2.45, 2.75) is 64.7 Å². The van der Waals surface area contributed by atoms with Gasteiger partial charge in [0.25, 0.3) is 0 Å². The molecule has 0 spiro atoms. The molecule has 2 aliphatic heterocycles. The van der Waals surface area contributed by atoms with Gasteiger partial charge in [0.1, 0.15) is 18.2 Å². The van der Waals surface area contributed by atoms with Gasteiger partial charge in [0.05, 0.1) is 16.6 Å². The lowest BCUT2D eigenvalue weighted by Gasteiger charge is -2.39. The van der Waals surface area contributed by atoms with Crippen LogP contribution < -0.4 is 4.74 Å². The molecular weight excluding hydrogens is 426 g/mol. The van der Waals surface area contributed by atoms with Crippen molar-refractivity contribution in [1.82, 2.24) is 14.5 Å². The molecule has 0 aliphatic carbocycles. The van der Waals surface area contributed by atoms with Crippen LogP contribution in [0.3, 0.4) is 0 Å². The first-order chi connectivity index (χ1) is 16.4. The second kappa shape index (κ2) is 9.41. The van der Waals surface area contributed by atoms with Crippen LogP contribution in [0.15, 0.2) is 48.5 Å². The zero-order chi connectivity index (χ0) is 23.7. The van der Waals surface area contributed by atoms with Crippen molar-refractivity contribution in [2.24, 2.45) is 5.92 Å². The number of aryl methyl sites for hydroxylation is 1. The van der Waals surface area contributed by atoms with E-state index in [-0.39, 0.29) is 11.5 Å². The van der Waals surface area contributed by atoms with Crippen LogP contribution in [-0.2, 0) is 16.1 Å². The predicted octanol–water partition coefficient (Wildman–Crippen LogP) is 5.29. The molecule has 5 rings (SSSR count). The van der Waals surface area contributed by atoms with Crippen molar-refractivity contribution < 1.29 is 14.3 Å². The number of fused-ring (bicyclic) bond motifs is 1. The highest BCUT2D eigenvalue weighted by molar-refractivity contribution is 5.79. The molecule has 6 heteroatoms. The van der Waals surface area contributed by atoms with E-state index in [1.807, 2.05) is 18.2 Å². The molecule has 1 atom stereocenters. The first-order valence-electron chi connectivity index (χ1n) is 12.5. The van der Waals surface area contributed by atoms with E-state index in [1.54, 1.807) is 0 Å². The SMILES string of the molecule is Cc1ccc(OCc2nc3ccccc3n2C2CCN(C(=O)[C@@H]3CCOC(C)(C)C3)CC2)cc1. The van der Waals surface area contributed by atoms with Crippen molar-refractivity contribution in [3.8, 4) is 5.75 Å². The standard InChI is InChI=1S/C28H35N3O3/c1-20-8-10-23(11-9-20)33-19-26-29-24-6-4-5-7-25(24)31(26)22-12-15-30(16-13-22)27(32)21-14-17-34-28(2,3)18-21/h4-11,21-22H,12-19H2,1-3H3/t21-/m1/s1. The normalized spacial score (nSPS) is 21.0. The van der Waals surface area contributed by atoms with Gasteiger partial charge in [-0.1, -0.05) is 29.8 Å². The van der Waals surface area contributed by atoms with E-state index in [9.17, 15) is 4.79 Å². The Kier molecular flexibility index (Phi) is 6.34. The van der Waals surface area contributed by atoms with Crippen molar-refractivity contribution in [3.05, 3.63) is 59.9 Å². The number of likely N-dealkylation sites (tertiary alicyclic amines) is 1. The fraction of sp³-hybridized carbons (Fsp3) is 0.500. The third-order valence-corrected chi connectivity index (χ3v) is 7.25. The number of piperidine rings is 1. The van der Waals surface area contributed by atoms with Gasteiger partial charge in [0.2, 0.25) is 5.91 Å². The lowest BCUT2D eigenvalue weighted by atomic mass is 9.87. The number of ether oxygens (including phenoxy) is 2. The number of hydrogen-bond acceptors (Lipinski definition) is 4. The maximum Gasteiger partial charge on any atom is 0.225 e. The number of carbonyl (C=O) groups is 1. The van der Waals surface area contributed by atoms with Crippen molar-refractivity contribution in [1.29, 1.82) is 0 Å². The molecule has 0 unspecified atom stereocenters. The van der Waals surface area contributed by atoms with Crippen LogP contribution in [0.5, 0.6) is 5.75 Å². The summed E-state index contributed by atoms with van der Waals surface area (Å²) in [5.74, 6) is 2.17. The summed E-state index contributed by atoms with van der Waals surface area (Å²) in [4.78, 5) is 20.2. The van der Waals surface area contributed by atoms with Gasteiger partial charge in [-0.2, -0.15) is 0 Å². The van der Waals surface area contributed by atoms with Crippen LogP contribution in [0.2, 0.25) is 0 Å². The number of carbonyl (C=O) groups excluding carboxylic acids is 1. The van der Waals surface area contributed by atoms with E-state index in [0.29, 0.717) is 25.2 Å². The topological polar surface area (TPSA) is 56.6 Å². The fourth-order valence-corrected chi connectivity index (χ4v) is 5.43. The van der Waals surface area contributed by atoms with Gasteiger partial charge in [0.15, 0.2) is 0 Å². The van der Waals surface area contributed by atoms with E-state index in [2.05, 4.69) is 60.6 Å². The van der Waals surface area contributed by atoms with Crippen molar-refractivity contribution >= 4 is 16.9 Å². The van der Waals surface area contributed by atoms with Gasteiger partial charge in [-0.05, 0) is 70.7 Å². The number of benzene rings is 2. The number of amides is 1. The molecule has 2 fully saturated rings. The predicted molar refractivity (Wildman–Crippen MR) is 133 cm³/mol. The zero-order valence-corrected chi connectivity index (χ0v) is 20.5. The van der Waals surface area contributed by atoms with E-state index in [1.165, 1.54) is 5.56 Å². The van der Waals surface area contributed by atoms with Crippen molar-refractivity contribution in [3.63, 3.8) is 0 Å². The quantitative estimate of drug-likeness (QED) is 0.518. The molecule has 2 aromatic carbocycles. The van der Waals surface area contributed by atoms with Crippen LogP contribution in [0.4, 0.5) is 0 Å². The Morgan fingerprint density at radius 2 is 1.82 bits per heavy atom. The minimum atomic E-state index is -0.209. The highest BCUT2D eigenvalue weighted by Crippen LogP contribution is 2.33. The van der Waals surface area contributed by atoms with E-state index in [0.717, 1.165) is 61.4 Å². The Labute approximate surface area is 201 Å². The number of hydrogen-bond donors (Lipinski definition) is 0. The van der Waals surface area contributed by atoms with Gasteiger partial charge < -0.3 is 18.9 Å². The molecule has 0 saturated carbocycles. The molecule has 1 amide bonds. The molecule has 2 aliphatic rings. The summed E-state index contributed by atoms with van der Waals surface area (Å²) in [7, 11) is 0. The van der Waals surface area contributed by atoms with E-state index < -0.39 is 0 Å². The van der Waals surface area contributed by atoms with E-state index >= 15 is 0 Å². The summed E-state index contributed by atoms with van der Waals surface area (Å²) in [5.41, 5.74) is 3.14. The first kappa shape index (κ1) is 22.9. The number of aromatic nitrogens is 2. The van der Waals surface area contributed by atoms with Gasteiger partial charge in [-0.25, -0.2) is 4.98 Å². The Morgan fingerprint density at radius 3 is 2.56 bits per heavy atom. The Hall–Kier alpha value is -2.86. The average Bonchev–Trinajstić information content (AvgIpc) is 3.21. The maximum atomic E-state index is 13.2. The second-order valence-electron chi connectivity index (χ2n) is 10.3. The largest absolute Gasteiger partial charge is 0.486 e. The Bertz CT molecular complexity index is 1140. The van der Waals surface area contributed by atoms with Gasteiger partial charge >= 0.3 is 0 Å². The second-order valence-corrected chi connectivity index (χ2v) is 10.3. The molecule has 3 heterocycles. The highest BCUT2D eigenvalue weighted by atomic mass is 16.5. The summed E-state index contributed by atoms with van der Waals surface area (Å²) in [6.45, 7) is 8.91. The lowest BCUT2D eigenvalue weighted by Crippen LogP contribution is -2.46. The molecule has 0 N–H and O–H groups in total. The summed E-state index contributed by atoms with van der Waals surface area (Å²) in [6.07, 6.45) is 3.49. The number of rotatable bonds is 5. The van der Waals surface area contributed by atoms with E-state index in [4.69, 9.17) is 14.5 Å².